The van der Waals surface area contributed by atoms with Crippen molar-refractivity contribution in [3.8, 4) is 5.75 Å². The van der Waals surface area contributed by atoms with Gasteiger partial charge in [-0.05, 0) is 50.1 Å². The molecule has 1 aromatic rings. The van der Waals surface area contributed by atoms with E-state index in [1.54, 1.807) is 19.1 Å². The highest BCUT2D eigenvalue weighted by Crippen LogP contribution is 2.16. The number of unbranched alkanes of at least 4 members (excludes halogenated alkanes) is 3. The molecule has 0 saturated carbocycles. The second-order valence-electron chi connectivity index (χ2n) is 3.96. The Balaban J connectivity index is 2.19. The van der Waals surface area contributed by atoms with Crippen LogP contribution in [-0.4, -0.2) is 13.2 Å². The van der Waals surface area contributed by atoms with Crippen LogP contribution in [-0.2, 0) is 0 Å². The molecule has 0 radical (unpaired) electrons. The summed E-state index contributed by atoms with van der Waals surface area (Å²) in [7, 11) is 0. The molecular formula is C13H20FNO. The molecule has 0 fully saturated rings. The van der Waals surface area contributed by atoms with Crippen LogP contribution >= 0.6 is 0 Å². The van der Waals surface area contributed by atoms with E-state index in [0.29, 0.717) is 12.2 Å². The summed E-state index contributed by atoms with van der Waals surface area (Å²) in [5, 5.41) is 0. The van der Waals surface area contributed by atoms with Crippen molar-refractivity contribution in [3.05, 3.63) is 29.6 Å². The van der Waals surface area contributed by atoms with Gasteiger partial charge in [-0.2, -0.15) is 0 Å². The molecule has 1 aromatic carbocycles. The summed E-state index contributed by atoms with van der Waals surface area (Å²) >= 11 is 0. The van der Waals surface area contributed by atoms with Gasteiger partial charge in [0.25, 0.3) is 0 Å². The number of rotatable bonds is 7. The first-order valence-electron chi connectivity index (χ1n) is 5.83. The minimum atomic E-state index is -0.185. The van der Waals surface area contributed by atoms with Crippen LogP contribution in [0.3, 0.4) is 0 Å². The van der Waals surface area contributed by atoms with Crippen LogP contribution in [0, 0.1) is 12.7 Å². The standard InChI is InChI=1S/C13H20FNO/c1-11-10-12(6-7-13(11)14)16-9-5-3-2-4-8-15/h6-7,10H,2-5,8-9,15H2,1H3. The highest BCUT2D eigenvalue weighted by atomic mass is 19.1. The van der Waals surface area contributed by atoms with E-state index >= 15 is 0 Å². The van der Waals surface area contributed by atoms with Gasteiger partial charge >= 0.3 is 0 Å². The Morgan fingerprint density at radius 3 is 2.62 bits per heavy atom. The van der Waals surface area contributed by atoms with E-state index in [4.69, 9.17) is 10.5 Å². The fourth-order valence-electron chi connectivity index (χ4n) is 1.50. The molecule has 0 heterocycles. The van der Waals surface area contributed by atoms with Crippen molar-refractivity contribution in [2.45, 2.75) is 32.6 Å². The van der Waals surface area contributed by atoms with Gasteiger partial charge in [-0.15, -0.1) is 0 Å². The number of hydrogen-bond acceptors (Lipinski definition) is 2. The van der Waals surface area contributed by atoms with Crippen molar-refractivity contribution < 1.29 is 9.13 Å². The van der Waals surface area contributed by atoms with E-state index < -0.39 is 0 Å². The summed E-state index contributed by atoms with van der Waals surface area (Å²) in [5.41, 5.74) is 6.02. The normalized spacial score (nSPS) is 10.4. The Labute approximate surface area is 96.6 Å². The largest absolute Gasteiger partial charge is 0.494 e. The lowest BCUT2D eigenvalue weighted by atomic mass is 10.2. The SMILES string of the molecule is Cc1cc(OCCCCCCN)ccc1F. The van der Waals surface area contributed by atoms with Gasteiger partial charge in [-0.1, -0.05) is 12.8 Å². The van der Waals surface area contributed by atoms with E-state index in [1.165, 1.54) is 6.07 Å². The summed E-state index contributed by atoms with van der Waals surface area (Å²) in [6.45, 7) is 3.19. The van der Waals surface area contributed by atoms with Crippen LogP contribution in [0.1, 0.15) is 31.2 Å². The van der Waals surface area contributed by atoms with Crippen molar-refractivity contribution in [2.24, 2.45) is 5.73 Å². The number of aryl methyl sites for hydroxylation is 1. The van der Waals surface area contributed by atoms with Gasteiger partial charge < -0.3 is 10.5 Å². The van der Waals surface area contributed by atoms with Crippen LogP contribution in [0.15, 0.2) is 18.2 Å². The molecule has 0 saturated heterocycles. The molecule has 16 heavy (non-hydrogen) atoms. The summed E-state index contributed by atoms with van der Waals surface area (Å²) < 4.78 is 18.5. The molecule has 3 heteroatoms. The van der Waals surface area contributed by atoms with Crippen molar-refractivity contribution >= 4 is 0 Å². The Hall–Kier alpha value is -1.09. The van der Waals surface area contributed by atoms with Gasteiger partial charge in [0.2, 0.25) is 0 Å². The maximum Gasteiger partial charge on any atom is 0.126 e. The van der Waals surface area contributed by atoms with Crippen LogP contribution in [0.25, 0.3) is 0 Å². The van der Waals surface area contributed by atoms with Crippen molar-refractivity contribution in [3.63, 3.8) is 0 Å². The summed E-state index contributed by atoms with van der Waals surface area (Å²) in [6.07, 6.45) is 4.39. The monoisotopic (exact) mass is 225 g/mol. The molecule has 90 valence electrons. The van der Waals surface area contributed by atoms with Crippen molar-refractivity contribution in [2.75, 3.05) is 13.2 Å². The number of ether oxygens (including phenoxy) is 1. The lowest BCUT2D eigenvalue weighted by Gasteiger charge is -2.07. The second kappa shape index (κ2) is 7.23. The molecule has 0 aliphatic rings. The Kier molecular flexibility index (Phi) is 5.86. The fourth-order valence-corrected chi connectivity index (χ4v) is 1.50. The quantitative estimate of drug-likeness (QED) is 0.724. The molecule has 0 atom stereocenters. The molecule has 2 N–H and O–H groups in total. The first-order valence-corrected chi connectivity index (χ1v) is 5.83. The molecule has 2 nitrogen and oxygen atoms in total. The van der Waals surface area contributed by atoms with Gasteiger partial charge in [-0.25, -0.2) is 4.39 Å². The average Bonchev–Trinajstić information content (AvgIpc) is 2.28. The van der Waals surface area contributed by atoms with Gasteiger partial charge in [-0.3, -0.25) is 0 Å². The Bertz CT molecular complexity index is 315. The Morgan fingerprint density at radius 2 is 1.94 bits per heavy atom. The fraction of sp³-hybridized carbons (Fsp3) is 0.538. The summed E-state index contributed by atoms with van der Waals surface area (Å²) in [4.78, 5) is 0. The summed E-state index contributed by atoms with van der Waals surface area (Å²) in [5.74, 6) is 0.563. The van der Waals surface area contributed by atoms with Gasteiger partial charge in [0.1, 0.15) is 11.6 Å². The highest BCUT2D eigenvalue weighted by Gasteiger charge is 1.99. The average molecular weight is 225 g/mol. The molecule has 1 rings (SSSR count). The van der Waals surface area contributed by atoms with E-state index in [9.17, 15) is 4.39 Å². The van der Waals surface area contributed by atoms with Crippen molar-refractivity contribution in [1.82, 2.24) is 0 Å². The first-order chi connectivity index (χ1) is 7.74. The van der Waals surface area contributed by atoms with Gasteiger partial charge in [0.05, 0.1) is 6.61 Å². The van der Waals surface area contributed by atoms with Crippen LogP contribution in [0.4, 0.5) is 4.39 Å². The van der Waals surface area contributed by atoms with E-state index in [2.05, 4.69) is 0 Å². The molecule has 0 spiro atoms. The number of nitrogens with two attached hydrogens (primary N) is 1. The van der Waals surface area contributed by atoms with Gasteiger partial charge in [0, 0.05) is 0 Å². The third kappa shape index (κ3) is 4.62. The molecular weight excluding hydrogens is 205 g/mol. The van der Waals surface area contributed by atoms with E-state index in [1.807, 2.05) is 0 Å². The minimum absolute atomic E-state index is 0.185. The first kappa shape index (κ1) is 13.0. The molecule has 0 aliphatic heterocycles. The van der Waals surface area contributed by atoms with Gasteiger partial charge in [0.15, 0.2) is 0 Å². The van der Waals surface area contributed by atoms with Crippen LogP contribution in [0.2, 0.25) is 0 Å². The molecule has 0 bridgehead atoms. The van der Waals surface area contributed by atoms with E-state index in [-0.39, 0.29) is 5.82 Å². The highest BCUT2D eigenvalue weighted by molar-refractivity contribution is 5.28. The number of hydrogen-bond donors (Lipinski definition) is 1. The number of benzene rings is 1. The maximum absolute atomic E-state index is 13.0. The maximum atomic E-state index is 13.0. The predicted octanol–water partition coefficient (Wildman–Crippen LogP) is 3.03. The lowest BCUT2D eigenvalue weighted by molar-refractivity contribution is 0.304. The zero-order valence-corrected chi connectivity index (χ0v) is 9.84. The second-order valence-corrected chi connectivity index (χ2v) is 3.96. The lowest BCUT2D eigenvalue weighted by Crippen LogP contribution is -2.00. The summed E-state index contributed by atoms with van der Waals surface area (Å²) in [6, 6.07) is 4.84. The third-order valence-corrected chi connectivity index (χ3v) is 2.50. The Morgan fingerprint density at radius 1 is 1.19 bits per heavy atom. The third-order valence-electron chi connectivity index (χ3n) is 2.50. The van der Waals surface area contributed by atoms with E-state index in [0.717, 1.165) is 38.0 Å². The van der Waals surface area contributed by atoms with Crippen LogP contribution < -0.4 is 10.5 Å². The van der Waals surface area contributed by atoms with Crippen molar-refractivity contribution in [1.29, 1.82) is 0 Å². The topological polar surface area (TPSA) is 35.2 Å². The zero-order valence-electron chi connectivity index (χ0n) is 9.84. The molecule has 0 aromatic heterocycles. The molecule has 0 unspecified atom stereocenters. The predicted molar refractivity (Wildman–Crippen MR) is 64.2 cm³/mol. The zero-order chi connectivity index (χ0) is 11.8. The molecule has 0 aliphatic carbocycles. The molecule has 0 amide bonds. The smallest absolute Gasteiger partial charge is 0.126 e. The minimum Gasteiger partial charge on any atom is -0.494 e. The number of halogens is 1. The van der Waals surface area contributed by atoms with Crippen LogP contribution in [0.5, 0.6) is 5.75 Å².